The Morgan fingerprint density at radius 3 is 1.39 bits per heavy atom. The van der Waals surface area contributed by atoms with Crippen LogP contribution in [0.1, 0.15) is 88.0 Å². The molecule has 2 unspecified atom stereocenters. The number of rotatable bonds is 14. The Morgan fingerprint density at radius 1 is 0.495 bits per heavy atom. The molecule has 6 aromatic carbocycles. The first-order valence-electron chi connectivity index (χ1n) is 37.0. The van der Waals surface area contributed by atoms with E-state index in [0.29, 0.717) is 64.6 Å². The zero-order valence-electron chi connectivity index (χ0n) is 62.4. The Hall–Kier alpha value is -10.8. The minimum Gasteiger partial charge on any atom is -0.461 e. The Labute approximate surface area is 639 Å². The number of carbonyl (C=O) groups excluding carboxylic acids is 4. The maximum Gasteiger partial charge on any atom is 0.410 e. The summed E-state index contributed by atoms with van der Waals surface area (Å²) >= 11 is 6.47. The quantitative estimate of drug-likeness (QED) is 0.0607. The van der Waals surface area contributed by atoms with Crippen molar-refractivity contribution in [2.75, 3.05) is 111 Å². The highest BCUT2D eigenvalue weighted by Crippen LogP contribution is 2.38. The third kappa shape index (κ3) is 19.6. The lowest BCUT2D eigenvalue weighted by Crippen LogP contribution is -2.57. The number of benzene rings is 6. The zero-order valence-corrected chi connectivity index (χ0v) is 63.1. The summed E-state index contributed by atoms with van der Waals surface area (Å²) in [5, 5.41) is 13.9. The highest BCUT2D eigenvalue weighted by Gasteiger charge is 2.42. The standard InChI is InChI=1S/C41H46FN7O5.C31H29ClN6O2.C10H18FNO3/c1-41(2,3)54-40(51)49-23-30(42)21-31(49)27-52-38-44-35-25-46(36-16-10-14-29-13-8-9-15-33(29)36)18-17-34(35)37(45-38)47-19-20-48(32(24-47)22-43-4)39(50)53-26-28-11-6-5-7-12-28;1-33-18-24-19-37(16-17-38(24)31(39)40-21-22-8-3-2-4-9-22)29-26-14-15-36(20-27(26)34-30(32)35-29)28-13-7-11-23-10-5-6-12-25(23)28;1-10(2,3)15-9(14)12-5-7(11)4-8(12)6-13/h5-16,30-32H,17-27H2,1-3H3;2-13,24H,14-21H2;7-8,13H,4-6H2,1-3H3/t30-,31+,32?;;7-,8+/m1.1/s1. The van der Waals surface area contributed by atoms with E-state index >= 15 is 0 Å². The second-order valence-corrected chi connectivity index (χ2v) is 30.3. The van der Waals surface area contributed by atoms with E-state index < -0.39 is 66.0 Å². The number of alkyl halides is 2. The van der Waals surface area contributed by atoms with E-state index in [1.165, 1.54) is 26.3 Å². The van der Waals surface area contributed by atoms with Gasteiger partial charge in [-0.2, -0.15) is 9.97 Å². The number of aliphatic hydroxyl groups excluding tert-OH is 1. The first-order valence-corrected chi connectivity index (χ1v) is 37.4. The van der Waals surface area contributed by atoms with E-state index in [4.69, 9.17) is 63.5 Å². The number of nitrogens with zero attached hydrogens (tertiary/aromatic N) is 14. The number of hydrogen-bond acceptors (Lipinski definition) is 18. The Bertz CT molecular complexity index is 4590. The van der Waals surface area contributed by atoms with Crippen LogP contribution in [0, 0.1) is 13.1 Å². The molecule has 572 valence electrons. The molecule has 27 heteroatoms. The minimum atomic E-state index is -1.20. The SMILES string of the molecule is CC(C)(C)OC(=O)N1C[C@H](F)C[C@H]1CO.[C-]#[N+]CC1CN(c2nc(Cl)nc3c2CCN(c2cccc4ccccc24)C3)CCN1C(=O)OCc1ccccc1.[C-]#[N+]CC1CN(c2nc(OC[C@@H]3C[C@@H](F)CN3C(=O)OC(C)(C)C)nc3c2CCN(c2cccc4ccccc24)C3)CCN1C(=O)OCc1ccccc1. The molecule has 1 N–H and O–H groups in total. The van der Waals surface area contributed by atoms with Gasteiger partial charge in [0.05, 0.1) is 56.3 Å². The number of anilines is 4. The van der Waals surface area contributed by atoms with Gasteiger partial charge in [-0.3, -0.25) is 19.6 Å². The number of amides is 4. The predicted octanol–water partition coefficient (Wildman–Crippen LogP) is 13.6. The lowest BCUT2D eigenvalue weighted by atomic mass is 10.0. The topological polar surface area (TPSA) is 221 Å². The second kappa shape index (κ2) is 35.0. The lowest BCUT2D eigenvalue weighted by molar-refractivity contribution is 0.0164. The van der Waals surface area contributed by atoms with E-state index in [1.807, 2.05) is 72.8 Å². The monoisotopic (exact) mass is 1510 g/mol. The Kier molecular flexibility index (Phi) is 25.0. The number of ether oxygens (including phenoxy) is 5. The van der Waals surface area contributed by atoms with E-state index in [1.54, 1.807) is 51.3 Å². The van der Waals surface area contributed by atoms with Gasteiger partial charge in [-0.15, -0.1) is 0 Å². The van der Waals surface area contributed by atoms with Crippen LogP contribution >= 0.6 is 11.6 Å². The second-order valence-electron chi connectivity index (χ2n) is 29.9. The summed E-state index contributed by atoms with van der Waals surface area (Å²) in [5.41, 5.74) is 6.58. The number of halogens is 3. The molecular weight excluding hydrogens is 1410 g/mol. The number of carbonyl (C=O) groups is 4. The molecule has 4 fully saturated rings. The minimum absolute atomic E-state index is 0.00763. The molecule has 6 atom stereocenters. The molecule has 0 saturated carbocycles. The van der Waals surface area contributed by atoms with Crippen LogP contribution in [0.3, 0.4) is 0 Å². The van der Waals surface area contributed by atoms with Gasteiger partial charge in [0.2, 0.25) is 18.4 Å². The summed E-state index contributed by atoms with van der Waals surface area (Å²) < 4.78 is 55.9. The molecule has 8 heterocycles. The van der Waals surface area contributed by atoms with Gasteiger partial charge in [0.25, 0.3) is 0 Å². The maximum atomic E-state index is 14.7. The lowest BCUT2D eigenvalue weighted by Gasteiger charge is -2.40. The van der Waals surface area contributed by atoms with Crippen LogP contribution in [-0.4, -0.2) is 208 Å². The summed E-state index contributed by atoms with van der Waals surface area (Å²) in [4.78, 5) is 92.2. The van der Waals surface area contributed by atoms with Gasteiger partial charge in [-0.05, 0) is 100 Å². The van der Waals surface area contributed by atoms with Crippen molar-refractivity contribution in [3.05, 3.63) is 207 Å². The van der Waals surface area contributed by atoms with E-state index in [0.717, 1.165) is 75.4 Å². The molecule has 2 aromatic heterocycles. The number of piperazine rings is 2. The van der Waals surface area contributed by atoms with Crippen molar-refractivity contribution in [3.63, 3.8) is 0 Å². The van der Waals surface area contributed by atoms with Gasteiger partial charge >= 0.3 is 30.4 Å². The van der Waals surface area contributed by atoms with Crippen molar-refractivity contribution in [2.24, 2.45) is 0 Å². The third-order valence-electron chi connectivity index (χ3n) is 19.9. The molecule has 14 rings (SSSR count). The van der Waals surface area contributed by atoms with E-state index in [-0.39, 0.29) is 82.8 Å². The molecule has 109 heavy (non-hydrogen) atoms. The predicted molar refractivity (Wildman–Crippen MR) is 413 cm³/mol. The highest BCUT2D eigenvalue weighted by atomic mass is 35.5. The van der Waals surface area contributed by atoms with Gasteiger partial charge < -0.3 is 58.1 Å². The zero-order chi connectivity index (χ0) is 76.9. The molecular formula is C82H93ClF2N14O10. The van der Waals surface area contributed by atoms with Crippen molar-refractivity contribution in [3.8, 4) is 6.01 Å². The Balaban J connectivity index is 0.000000176. The number of aromatic nitrogens is 4. The van der Waals surface area contributed by atoms with E-state index in [9.17, 15) is 28.0 Å². The molecule has 4 amide bonds. The summed E-state index contributed by atoms with van der Waals surface area (Å²) in [6, 6.07) is 46.9. The summed E-state index contributed by atoms with van der Waals surface area (Å²) in [7, 11) is 0. The van der Waals surface area contributed by atoms with Crippen LogP contribution in [0.2, 0.25) is 5.28 Å². The van der Waals surface area contributed by atoms with Crippen molar-refractivity contribution >= 4 is 80.5 Å². The largest absolute Gasteiger partial charge is 0.461 e. The van der Waals surface area contributed by atoms with Gasteiger partial charge in [0.15, 0.2) is 0 Å². The maximum absolute atomic E-state index is 14.7. The van der Waals surface area contributed by atoms with Gasteiger partial charge in [-0.25, -0.2) is 51.1 Å². The van der Waals surface area contributed by atoms with Crippen molar-refractivity contribution in [1.29, 1.82) is 0 Å². The summed E-state index contributed by atoms with van der Waals surface area (Å²) in [6.07, 6.45) is -2.50. The number of fused-ring (bicyclic) bond motifs is 4. The first kappa shape index (κ1) is 77.8. The molecule has 0 aliphatic carbocycles. The van der Waals surface area contributed by atoms with Crippen molar-refractivity contribution < 1.29 is 56.7 Å². The molecule has 0 spiro atoms. The first-order chi connectivity index (χ1) is 52.5. The number of likely N-dealkylation sites (tertiary alicyclic amines) is 2. The normalized spacial score (nSPS) is 19.8. The highest BCUT2D eigenvalue weighted by molar-refractivity contribution is 6.28. The summed E-state index contributed by atoms with van der Waals surface area (Å²) in [6.45, 7) is 31.5. The van der Waals surface area contributed by atoms with Crippen LogP contribution in [0.5, 0.6) is 6.01 Å². The fraction of sp³-hybridized carbons (Fsp3) is 0.439. The van der Waals surface area contributed by atoms with Gasteiger partial charge in [-0.1, -0.05) is 133 Å². The summed E-state index contributed by atoms with van der Waals surface area (Å²) in [5.74, 6) is 1.50. The molecule has 24 nitrogen and oxygen atoms in total. The van der Waals surface area contributed by atoms with Crippen LogP contribution in [0.15, 0.2) is 146 Å². The molecule has 0 bridgehead atoms. The fourth-order valence-corrected chi connectivity index (χ4v) is 14.9. The molecule has 4 saturated heterocycles. The molecule has 6 aliphatic heterocycles. The molecule has 6 aliphatic rings. The van der Waals surface area contributed by atoms with Gasteiger partial charge in [0, 0.05) is 98.5 Å². The average Bonchev–Trinajstić information content (AvgIpc) is 1.72. The third-order valence-corrected chi connectivity index (χ3v) is 20.1. The number of aliphatic hydroxyl groups is 1. The van der Waals surface area contributed by atoms with Crippen LogP contribution in [-0.2, 0) is 58.1 Å². The fourth-order valence-electron chi connectivity index (χ4n) is 14.7. The van der Waals surface area contributed by atoms with Crippen LogP contribution < -0.4 is 24.3 Å². The molecule has 8 aromatic rings. The smallest absolute Gasteiger partial charge is 0.410 e. The van der Waals surface area contributed by atoms with Crippen molar-refractivity contribution in [2.45, 2.75) is 141 Å². The van der Waals surface area contributed by atoms with Gasteiger partial charge in [0.1, 0.15) is 67.1 Å². The van der Waals surface area contributed by atoms with Crippen LogP contribution in [0.4, 0.5) is 51.0 Å². The van der Waals surface area contributed by atoms with E-state index in [2.05, 4.69) is 112 Å². The Morgan fingerprint density at radius 2 is 0.927 bits per heavy atom. The number of hydrogen-bond donors (Lipinski definition) is 1. The van der Waals surface area contributed by atoms with Crippen molar-refractivity contribution in [1.82, 2.24) is 39.5 Å². The molecule has 0 radical (unpaired) electrons. The average molecular weight is 1510 g/mol. The van der Waals surface area contributed by atoms with Crippen LogP contribution in [0.25, 0.3) is 31.2 Å².